The van der Waals surface area contributed by atoms with Crippen LogP contribution in [0.4, 0.5) is 13.2 Å². The van der Waals surface area contributed by atoms with Gasteiger partial charge in [0.25, 0.3) is 5.91 Å². The van der Waals surface area contributed by atoms with Crippen LogP contribution in [0.15, 0.2) is 28.6 Å². The van der Waals surface area contributed by atoms with Crippen LogP contribution < -0.4 is 0 Å². The van der Waals surface area contributed by atoms with E-state index in [-0.39, 0.29) is 6.04 Å². The molecule has 1 amide bonds. The molecule has 23 heavy (non-hydrogen) atoms. The number of rotatable bonds is 3. The summed E-state index contributed by atoms with van der Waals surface area (Å²) in [4.78, 5) is 16.1. The monoisotopic (exact) mass is 330 g/mol. The van der Waals surface area contributed by atoms with Crippen LogP contribution in [0.5, 0.6) is 0 Å². The molecule has 2 heterocycles. The van der Waals surface area contributed by atoms with Gasteiger partial charge in [0.1, 0.15) is 5.82 Å². The van der Waals surface area contributed by atoms with Crippen LogP contribution in [0.2, 0.25) is 0 Å². The van der Waals surface area contributed by atoms with Crippen LogP contribution in [0.3, 0.4) is 0 Å². The van der Waals surface area contributed by atoms with Gasteiger partial charge < -0.3 is 9.80 Å². The second-order valence-electron chi connectivity index (χ2n) is 5.55. The highest BCUT2D eigenvalue weighted by Gasteiger charge is 2.45. The maximum absolute atomic E-state index is 13.0. The lowest BCUT2D eigenvalue weighted by molar-refractivity contribution is -0.124. The van der Waals surface area contributed by atoms with E-state index in [4.69, 9.17) is 0 Å². The summed E-state index contributed by atoms with van der Waals surface area (Å²) in [6, 6.07) is 0.280. The van der Waals surface area contributed by atoms with Gasteiger partial charge in [-0.3, -0.25) is 4.79 Å². The molecule has 0 radical (unpaired) electrons. The molecule has 0 spiro atoms. The Hall–Kier alpha value is -1.99. The van der Waals surface area contributed by atoms with Crippen molar-refractivity contribution in [1.82, 2.24) is 14.8 Å². The number of hydrazone groups is 1. The zero-order valence-electron chi connectivity index (χ0n) is 13.7. The van der Waals surface area contributed by atoms with Crippen LogP contribution in [-0.4, -0.2) is 65.3 Å². The van der Waals surface area contributed by atoms with E-state index in [1.165, 1.54) is 13.1 Å². The first kappa shape index (κ1) is 17.4. The van der Waals surface area contributed by atoms with E-state index >= 15 is 0 Å². The van der Waals surface area contributed by atoms with Gasteiger partial charge in [-0.25, -0.2) is 5.01 Å². The molecule has 8 heteroatoms. The van der Waals surface area contributed by atoms with Crippen LogP contribution in [0.25, 0.3) is 0 Å². The number of hydrogen-bond donors (Lipinski definition) is 0. The number of alkyl halides is 3. The molecule has 2 aliphatic heterocycles. The fourth-order valence-corrected chi connectivity index (χ4v) is 2.93. The Morgan fingerprint density at radius 2 is 1.91 bits per heavy atom. The zero-order valence-corrected chi connectivity index (χ0v) is 13.7. The summed E-state index contributed by atoms with van der Waals surface area (Å²) < 4.78 is 39.0. The number of nitrogens with zero attached hydrogens (tertiary/aromatic N) is 4. The summed E-state index contributed by atoms with van der Waals surface area (Å²) in [6.45, 7) is 8.37. The van der Waals surface area contributed by atoms with Gasteiger partial charge in [0.15, 0.2) is 5.71 Å². The predicted octanol–water partition coefficient (Wildman–Crippen LogP) is 2.19. The fourth-order valence-electron chi connectivity index (χ4n) is 2.93. The molecule has 1 unspecified atom stereocenters. The smallest absolute Gasteiger partial charge is 0.357 e. The molecule has 0 N–H and O–H groups in total. The Kier molecular flexibility index (Phi) is 4.72. The maximum Gasteiger partial charge on any atom is 0.435 e. The van der Waals surface area contributed by atoms with Gasteiger partial charge in [-0.1, -0.05) is 0 Å². The average molecular weight is 330 g/mol. The van der Waals surface area contributed by atoms with Gasteiger partial charge in [-0.15, -0.1) is 0 Å². The zero-order chi connectivity index (χ0) is 17.4. The highest BCUT2D eigenvalue weighted by Crippen LogP contribution is 2.29. The third-order valence-electron chi connectivity index (χ3n) is 4.05. The summed E-state index contributed by atoms with van der Waals surface area (Å²) in [5.74, 6) is 0.0881. The van der Waals surface area contributed by atoms with Gasteiger partial charge in [-0.2, -0.15) is 18.3 Å². The number of carbonyl (C=O) groups is 1. The number of hydrogen-bond acceptors (Lipinski definition) is 4. The lowest BCUT2D eigenvalue weighted by atomic mass is 10.1. The number of likely N-dealkylation sites (N-methyl/N-ethyl adjacent to an activating group) is 3. The van der Waals surface area contributed by atoms with E-state index in [1.54, 1.807) is 6.08 Å². The molecule has 5 nitrogen and oxygen atoms in total. The first-order chi connectivity index (χ1) is 10.7. The van der Waals surface area contributed by atoms with Gasteiger partial charge in [-0.05, 0) is 32.9 Å². The molecule has 1 atom stereocenters. The topological polar surface area (TPSA) is 39.1 Å². The second kappa shape index (κ2) is 6.25. The van der Waals surface area contributed by atoms with Crippen molar-refractivity contribution in [2.75, 3.05) is 26.7 Å². The van der Waals surface area contributed by atoms with Crippen LogP contribution in [-0.2, 0) is 4.79 Å². The van der Waals surface area contributed by atoms with Crippen molar-refractivity contribution >= 4 is 11.6 Å². The minimum atomic E-state index is -4.65. The SMILES string of the molecule is CCN1CC(C)N(CC)/C1=C/C=C1/C(=O)N(C)N=C1C(F)(F)F. The Morgan fingerprint density at radius 1 is 1.26 bits per heavy atom. The first-order valence-corrected chi connectivity index (χ1v) is 7.58. The minimum absolute atomic E-state index is 0.280. The predicted molar refractivity (Wildman–Crippen MR) is 81.5 cm³/mol. The van der Waals surface area contributed by atoms with E-state index in [0.29, 0.717) is 0 Å². The van der Waals surface area contributed by atoms with Crippen molar-refractivity contribution in [2.45, 2.75) is 33.0 Å². The molecule has 0 aliphatic carbocycles. The Labute approximate surface area is 133 Å². The van der Waals surface area contributed by atoms with Crippen molar-refractivity contribution in [2.24, 2.45) is 5.10 Å². The van der Waals surface area contributed by atoms with Crippen molar-refractivity contribution < 1.29 is 18.0 Å². The Bertz CT molecular complexity index is 580. The van der Waals surface area contributed by atoms with Crippen molar-refractivity contribution in [3.05, 3.63) is 23.5 Å². The third-order valence-corrected chi connectivity index (χ3v) is 4.05. The molecule has 0 aromatic heterocycles. The molecule has 1 fully saturated rings. The summed E-state index contributed by atoms with van der Waals surface area (Å²) >= 11 is 0. The lowest BCUT2D eigenvalue weighted by Crippen LogP contribution is -2.27. The maximum atomic E-state index is 13.0. The Morgan fingerprint density at radius 3 is 2.43 bits per heavy atom. The van der Waals surface area contributed by atoms with Gasteiger partial charge >= 0.3 is 6.18 Å². The summed E-state index contributed by atoms with van der Waals surface area (Å²) in [5, 5.41) is 4.03. The number of halogens is 3. The van der Waals surface area contributed by atoms with E-state index < -0.39 is 23.4 Å². The van der Waals surface area contributed by atoms with E-state index in [1.807, 2.05) is 13.8 Å². The average Bonchev–Trinajstić information content (AvgIpc) is 2.94. The second-order valence-corrected chi connectivity index (χ2v) is 5.55. The highest BCUT2D eigenvalue weighted by molar-refractivity contribution is 6.26. The number of carbonyl (C=O) groups excluding carboxylic acids is 1. The normalized spacial score (nSPS) is 26.0. The first-order valence-electron chi connectivity index (χ1n) is 7.58. The largest absolute Gasteiger partial charge is 0.435 e. The molecule has 2 aliphatic rings. The van der Waals surface area contributed by atoms with Crippen LogP contribution >= 0.6 is 0 Å². The van der Waals surface area contributed by atoms with E-state index in [9.17, 15) is 18.0 Å². The quantitative estimate of drug-likeness (QED) is 0.745. The van der Waals surface area contributed by atoms with Gasteiger partial charge in [0, 0.05) is 32.7 Å². The third kappa shape index (κ3) is 3.20. The molecule has 0 aromatic rings. The van der Waals surface area contributed by atoms with E-state index in [2.05, 4.69) is 21.8 Å². The molecule has 1 saturated heterocycles. The molecule has 2 rings (SSSR count). The van der Waals surface area contributed by atoms with Crippen molar-refractivity contribution in [1.29, 1.82) is 0 Å². The molecular weight excluding hydrogens is 309 g/mol. The van der Waals surface area contributed by atoms with Crippen molar-refractivity contribution in [3.63, 3.8) is 0 Å². The van der Waals surface area contributed by atoms with E-state index in [0.717, 1.165) is 30.5 Å². The molecule has 0 bridgehead atoms. The minimum Gasteiger partial charge on any atom is -0.357 e. The number of allylic oxidation sites excluding steroid dienone is 2. The Balaban J connectivity index is 2.39. The van der Waals surface area contributed by atoms with Crippen molar-refractivity contribution in [3.8, 4) is 0 Å². The number of amides is 1. The van der Waals surface area contributed by atoms with Gasteiger partial charge in [0.2, 0.25) is 0 Å². The van der Waals surface area contributed by atoms with Crippen LogP contribution in [0.1, 0.15) is 20.8 Å². The summed E-state index contributed by atoms with van der Waals surface area (Å²) in [7, 11) is 1.22. The highest BCUT2D eigenvalue weighted by atomic mass is 19.4. The summed E-state index contributed by atoms with van der Waals surface area (Å²) in [5.41, 5.74) is -1.56. The van der Waals surface area contributed by atoms with Gasteiger partial charge in [0.05, 0.1) is 5.57 Å². The fraction of sp³-hybridized carbons (Fsp3) is 0.600. The molecule has 0 saturated carbocycles. The van der Waals surface area contributed by atoms with Crippen LogP contribution in [0, 0.1) is 0 Å². The summed E-state index contributed by atoms with van der Waals surface area (Å²) in [6.07, 6.45) is -1.83. The molecule has 0 aromatic carbocycles. The lowest BCUT2D eigenvalue weighted by Gasteiger charge is -2.24. The standard InChI is InChI=1S/C15H21F3N4O/c1-5-21-9-10(3)22(6-2)12(21)8-7-11-13(15(16,17)18)19-20(4)14(11)23/h7-8,10H,5-6,9H2,1-4H3/b11-7+,12-8+. The molecule has 128 valence electrons. The molecular formula is C15H21F3N4O.